The van der Waals surface area contributed by atoms with Gasteiger partial charge < -0.3 is 4.90 Å². The summed E-state index contributed by atoms with van der Waals surface area (Å²) in [5.74, 6) is -0.144. The van der Waals surface area contributed by atoms with Crippen molar-refractivity contribution in [2.24, 2.45) is 0 Å². The molecule has 0 aromatic heterocycles. The molecule has 2 aromatic carbocycles. The first-order chi connectivity index (χ1) is 13.4. The first-order valence-corrected chi connectivity index (χ1v) is 11.8. The third kappa shape index (κ3) is 3.51. The largest absolute Gasteiger partial charge is 0.308 e. The summed E-state index contributed by atoms with van der Waals surface area (Å²) in [6, 6.07) is 10.8. The van der Waals surface area contributed by atoms with Gasteiger partial charge in [0.1, 0.15) is 0 Å². The van der Waals surface area contributed by atoms with Crippen LogP contribution in [-0.4, -0.2) is 38.3 Å². The maximum absolute atomic E-state index is 13.3. The van der Waals surface area contributed by atoms with Crippen molar-refractivity contribution in [3.8, 4) is 0 Å². The highest BCUT2D eigenvalue weighted by Crippen LogP contribution is 2.32. The summed E-state index contributed by atoms with van der Waals surface area (Å²) in [6.07, 6.45) is 3.63. The van der Waals surface area contributed by atoms with Gasteiger partial charge >= 0.3 is 0 Å². The zero-order chi connectivity index (χ0) is 19.9. The molecule has 28 heavy (non-hydrogen) atoms. The number of aryl methyl sites for hydroxylation is 1. The molecule has 148 valence electrons. The first-order valence-electron chi connectivity index (χ1n) is 9.59. The third-order valence-corrected chi connectivity index (χ3v) is 7.96. The number of sulfonamides is 1. The summed E-state index contributed by atoms with van der Waals surface area (Å²) in [6.45, 7) is 3.55. The van der Waals surface area contributed by atoms with Gasteiger partial charge in [-0.1, -0.05) is 28.4 Å². The van der Waals surface area contributed by atoms with E-state index in [1.54, 1.807) is 23.1 Å². The number of carbonyl (C=O) groups excluding carboxylic acids is 1. The van der Waals surface area contributed by atoms with Crippen molar-refractivity contribution in [1.82, 2.24) is 4.31 Å². The third-order valence-electron chi connectivity index (χ3n) is 5.57. The van der Waals surface area contributed by atoms with Crippen LogP contribution in [0.4, 0.5) is 5.69 Å². The summed E-state index contributed by atoms with van der Waals surface area (Å²) >= 11 is 3.47. The molecule has 0 saturated carbocycles. The normalized spacial score (nSPS) is 17.6. The molecule has 0 spiro atoms. The molecule has 1 saturated heterocycles. The first kappa shape index (κ1) is 19.6. The Bertz CT molecular complexity index is 1030. The monoisotopic (exact) mass is 462 g/mol. The SMILES string of the molecule is Cc1ccc(S(=O)(=O)N2CCCCC2)cc1C(=O)N1CCc2cc(Br)ccc21. The molecule has 0 atom stereocenters. The van der Waals surface area contributed by atoms with Gasteiger partial charge in [-0.2, -0.15) is 4.31 Å². The molecule has 0 unspecified atom stereocenters. The van der Waals surface area contributed by atoms with Crippen LogP contribution in [0.2, 0.25) is 0 Å². The van der Waals surface area contributed by atoms with Gasteiger partial charge in [-0.05, 0) is 67.6 Å². The smallest absolute Gasteiger partial charge is 0.258 e. The van der Waals surface area contributed by atoms with Gasteiger partial charge in [0.25, 0.3) is 5.91 Å². The number of fused-ring (bicyclic) bond motifs is 1. The summed E-state index contributed by atoms with van der Waals surface area (Å²) in [7, 11) is -3.57. The fourth-order valence-electron chi connectivity index (χ4n) is 3.97. The number of hydrogen-bond acceptors (Lipinski definition) is 3. The Morgan fingerprint density at radius 2 is 1.75 bits per heavy atom. The predicted octanol–water partition coefficient (Wildman–Crippen LogP) is 4.14. The minimum Gasteiger partial charge on any atom is -0.308 e. The van der Waals surface area contributed by atoms with Crippen LogP contribution in [0.25, 0.3) is 0 Å². The van der Waals surface area contributed by atoms with E-state index in [1.165, 1.54) is 4.31 Å². The van der Waals surface area contributed by atoms with Crippen LogP contribution in [0, 0.1) is 6.92 Å². The number of halogens is 1. The number of rotatable bonds is 3. The molecule has 2 aromatic rings. The number of piperidine rings is 1. The number of carbonyl (C=O) groups is 1. The van der Waals surface area contributed by atoms with Crippen LogP contribution >= 0.6 is 15.9 Å². The summed E-state index contributed by atoms with van der Waals surface area (Å²) < 4.78 is 28.6. The fourth-order valence-corrected chi connectivity index (χ4v) is 5.93. The quantitative estimate of drug-likeness (QED) is 0.688. The molecule has 5 nitrogen and oxygen atoms in total. The Morgan fingerprint density at radius 1 is 1.00 bits per heavy atom. The van der Waals surface area contributed by atoms with Crippen LogP contribution in [0.15, 0.2) is 45.8 Å². The van der Waals surface area contributed by atoms with E-state index in [-0.39, 0.29) is 10.8 Å². The molecule has 0 radical (unpaired) electrons. The Hall–Kier alpha value is -1.70. The molecular formula is C21H23BrN2O3S. The fraction of sp³-hybridized carbons (Fsp3) is 0.381. The second-order valence-electron chi connectivity index (χ2n) is 7.42. The molecular weight excluding hydrogens is 440 g/mol. The van der Waals surface area contributed by atoms with Gasteiger partial charge in [0.15, 0.2) is 0 Å². The number of benzene rings is 2. The zero-order valence-corrected chi connectivity index (χ0v) is 18.2. The molecule has 2 aliphatic heterocycles. The van der Waals surface area contributed by atoms with Crippen molar-refractivity contribution in [1.29, 1.82) is 0 Å². The van der Waals surface area contributed by atoms with Crippen LogP contribution in [0.5, 0.6) is 0 Å². The molecule has 7 heteroatoms. The van der Waals surface area contributed by atoms with Crippen LogP contribution in [0.1, 0.15) is 40.7 Å². The predicted molar refractivity (Wildman–Crippen MR) is 113 cm³/mol. The summed E-state index contributed by atoms with van der Waals surface area (Å²) in [5, 5.41) is 0. The summed E-state index contributed by atoms with van der Waals surface area (Å²) in [5.41, 5.74) is 3.26. The topological polar surface area (TPSA) is 57.7 Å². The van der Waals surface area contributed by atoms with Gasteiger partial charge in [-0.15, -0.1) is 0 Å². The van der Waals surface area contributed by atoms with Gasteiger partial charge in [0.2, 0.25) is 10.0 Å². The maximum Gasteiger partial charge on any atom is 0.258 e. The minimum absolute atomic E-state index is 0.144. The second-order valence-corrected chi connectivity index (χ2v) is 10.3. The average Bonchev–Trinajstić information content (AvgIpc) is 3.11. The van der Waals surface area contributed by atoms with Crippen molar-refractivity contribution in [3.63, 3.8) is 0 Å². The van der Waals surface area contributed by atoms with E-state index in [0.29, 0.717) is 25.2 Å². The highest BCUT2D eigenvalue weighted by Gasteiger charge is 2.30. The number of nitrogens with zero attached hydrogens (tertiary/aromatic N) is 2. The second kappa shape index (κ2) is 7.61. The highest BCUT2D eigenvalue weighted by molar-refractivity contribution is 9.10. The molecule has 0 aliphatic carbocycles. The van der Waals surface area contributed by atoms with Crippen LogP contribution < -0.4 is 4.90 Å². The van der Waals surface area contributed by atoms with Gasteiger partial charge in [0, 0.05) is 35.4 Å². The maximum atomic E-state index is 13.3. The summed E-state index contributed by atoms with van der Waals surface area (Å²) in [4.78, 5) is 15.2. The van der Waals surface area contributed by atoms with E-state index >= 15 is 0 Å². The van der Waals surface area contributed by atoms with Crippen molar-refractivity contribution in [2.45, 2.75) is 37.5 Å². The van der Waals surface area contributed by atoms with E-state index in [0.717, 1.165) is 47.0 Å². The van der Waals surface area contributed by atoms with Gasteiger partial charge in [-0.3, -0.25) is 4.79 Å². The average molecular weight is 463 g/mol. The Morgan fingerprint density at radius 3 is 2.50 bits per heavy atom. The van der Waals surface area contributed by atoms with Crippen molar-refractivity contribution < 1.29 is 13.2 Å². The Kier molecular flexibility index (Phi) is 5.33. The van der Waals surface area contributed by atoms with Crippen LogP contribution in [-0.2, 0) is 16.4 Å². The van der Waals surface area contributed by atoms with E-state index in [4.69, 9.17) is 0 Å². The van der Waals surface area contributed by atoms with Gasteiger partial charge in [0.05, 0.1) is 4.90 Å². The van der Waals surface area contributed by atoms with E-state index in [1.807, 2.05) is 25.1 Å². The lowest BCUT2D eigenvalue weighted by molar-refractivity contribution is 0.0988. The number of hydrogen-bond donors (Lipinski definition) is 0. The minimum atomic E-state index is -3.57. The molecule has 1 amide bonds. The molecule has 2 heterocycles. The van der Waals surface area contributed by atoms with Crippen molar-refractivity contribution in [3.05, 3.63) is 57.6 Å². The lowest BCUT2D eigenvalue weighted by Gasteiger charge is -2.26. The van der Waals surface area contributed by atoms with Crippen molar-refractivity contribution >= 4 is 37.5 Å². The van der Waals surface area contributed by atoms with E-state index in [9.17, 15) is 13.2 Å². The molecule has 0 N–H and O–H groups in total. The Labute approximate surface area is 174 Å². The lowest BCUT2D eigenvalue weighted by atomic mass is 10.1. The molecule has 2 aliphatic rings. The number of amides is 1. The Balaban J connectivity index is 1.68. The van der Waals surface area contributed by atoms with Gasteiger partial charge in [-0.25, -0.2) is 8.42 Å². The number of anilines is 1. The van der Waals surface area contributed by atoms with E-state index in [2.05, 4.69) is 15.9 Å². The highest BCUT2D eigenvalue weighted by atomic mass is 79.9. The van der Waals surface area contributed by atoms with Crippen LogP contribution in [0.3, 0.4) is 0 Å². The molecule has 0 bridgehead atoms. The molecule has 1 fully saturated rings. The zero-order valence-electron chi connectivity index (χ0n) is 15.8. The van der Waals surface area contributed by atoms with E-state index < -0.39 is 10.0 Å². The van der Waals surface area contributed by atoms with Crippen molar-refractivity contribution in [2.75, 3.05) is 24.5 Å². The molecule has 4 rings (SSSR count). The standard InChI is InChI=1S/C21H23BrN2O3S/c1-15-5-7-18(28(26,27)23-10-3-2-4-11-23)14-19(15)21(25)24-12-9-16-13-17(22)6-8-20(16)24/h5-8,13-14H,2-4,9-12H2,1H3. The lowest BCUT2D eigenvalue weighted by Crippen LogP contribution is -2.36.